The van der Waals surface area contributed by atoms with E-state index in [2.05, 4.69) is 10.1 Å². The SMILES string of the molecule is C[C@@]1(c2cc(N)ccc2F)Cn2ncc(F)c2C(N)=N1. The molecule has 20 heavy (non-hydrogen) atoms. The summed E-state index contributed by atoms with van der Waals surface area (Å²) in [5, 5.41) is 3.91. The van der Waals surface area contributed by atoms with E-state index in [0.717, 1.165) is 6.20 Å². The number of halogens is 2. The minimum absolute atomic E-state index is 0.00410. The molecule has 5 nitrogen and oxygen atoms in total. The number of nitrogens with zero attached hydrogens (tertiary/aromatic N) is 3. The first kappa shape index (κ1) is 12.6. The summed E-state index contributed by atoms with van der Waals surface area (Å²) in [6.45, 7) is 1.90. The lowest BCUT2D eigenvalue weighted by atomic mass is 9.90. The Morgan fingerprint density at radius 2 is 2.00 bits per heavy atom. The van der Waals surface area contributed by atoms with Crippen molar-refractivity contribution >= 4 is 11.5 Å². The van der Waals surface area contributed by atoms with Gasteiger partial charge in [-0.05, 0) is 25.1 Å². The molecule has 0 unspecified atom stereocenters. The third-order valence-electron chi connectivity index (χ3n) is 3.43. The van der Waals surface area contributed by atoms with Gasteiger partial charge in [0, 0.05) is 11.3 Å². The second kappa shape index (κ2) is 4.03. The summed E-state index contributed by atoms with van der Waals surface area (Å²) >= 11 is 0. The molecular formula is C13H13F2N5. The van der Waals surface area contributed by atoms with E-state index in [4.69, 9.17) is 11.5 Å². The zero-order valence-corrected chi connectivity index (χ0v) is 10.8. The molecule has 0 saturated heterocycles. The van der Waals surface area contributed by atoms with Crippen LogP contribution in [0.1, 0.15) is 18.2 Å². The Labute approximate surface area is 113 Å². The average Bonchev–Trinajstić information content (AvgIpc) is 2.73. The lowest BCUT2D eigenvalue weighted by Crippen LogP contribution is -2.38. The molecule has 1 aliphatic heterocycles. The molecule has 1 aliphatic rings. The summed E-state index contributed by atoms with van der Waals surface area (Å²) in [6, 6.07) is 4.26. The Balaban J connectivity index is 2.16. The van der Waals surface area contributed by atoms with Gasteiger partial charge in [-0.25, -0.2) is 8.78 Å². The molecule has 0 fully saturated rings. The number of benzene rings is 1. The molecule has 0 radical (unpaired) electrons. The number of hydrogen-bond donors (Lipinski definition) is 2. The van der Waals surface area contributed by atoms with Gasteiger partial charge in [0.25, 0.3) is 0 Å². The van der Waals surface area contributed by atoms with Crippen LogP contribution >= 0.6 is 0 Å². The van der Waals surface area contributed by atoms with Gasteiger partial charge in [0.05, 0.1) is 12.7 Å². The van der Waals surface area contributed by atoms with E-state index in [1.54, 1.807) is 6.92 Å². The molecule has 2 aromatic rings. The van der Waals surface area contributed by atoms with Crippen molar-refractivity contribution in [1.82, 2.24) is 9.78 Å². The molecule has 0 bridgehead atoms. The van der Waals surface area contributed by atoms with Gasteiger partial charge in [0.15, 0.2) is 5.82 Å². The molecule has 104 valence electrons. The number of anilines is 1. The zero-order chi connectivity index (χ0) is 14.5. The Hall–Kier alpha value is -2.44. The van der Waals surface area contributed by atoms with Gasteiger partial charge < -0.3 is 11.5 Å². The maximum absolute atomic E-state index is 14.0. The second-order valence-electron chi connectivity index (χ2n) is 5.01. The summed E-state index contributed by atoms with van der Waals surface area (Å²) < 4.78 is 29.0. The van der Waals surface area contributed by atoms with E-state index in [-0.39, 0.29) is 18.1 Å². The molecule has 4 N–H and O–H groups in total. The van der Waals surface area contributed by atoms with Crippen LogP contribution in [-0.4, -0.2) is 15.6 Å². The quantitative estimate of drug-likeness (QED) is 0.772. The van der Waals surface area contributed by atoms with Gasteiger partial charge in [-0.3, -0.25) is 9.67 Å². The molecule has 0 spiro atoms. The zero-order valence-electron chi connectivity index (χ0n) is 10.8. The van der Waals surface area contributed by atoms with Crippen LogP contribution in [0.4, 0.5) is 14.5 Å². The fourth-order valence-electron chi connectivity index (χ4n) is 2.48. The smallest absolute Gasteiger partial charge is 0.172 e. The van der Waals surface area contributed by atoms with Crippen molar-refractivity contribution in [2.24, 2.45) is 10.7 Å². The molecule has 0 amide bonds. The number of amidine groups is 1. The third-order valence-corrected chi connectivity index (χ3v) is 3.43. The standard InChI is InChI=1S/C13H13F2N5/c1-13(8-4-7(16)2-3-9(8)14)6-20-11(12(17)19-13)10(15)5-18-20/h2-5H,6,16H2,1H3,(H2,17,19)/t13-/m0/s1. The highest BCUT2D eigenvalue weighted by Gasteiger charge is 2.36. The van der Waals surface area contributed by atoms with Gasteiger partial charge >= 0.3 is 0 Å². The maximum atomic E-state index is 14.0. The Morgan fingerprint density at radius 3 is 2.75 bits per heavy atom. The predicted octanol–water partition coefficient (Wildman–Crippen LogP) is 1.38. The van der Waals surface area contributed by atoms with Gasteiger partial charge in [-0.1, -0.05) is 0 Å². The van der Waals surface area contributed by atoms with E-state index < -0.39 is 17.2 Å². The number of aromatic nitrogens is 2. The number of hydrogen-bond acceptors (Lipinski definition) is 4. The molecule has 1 aromatic heterocycles. The van der Waals surface area contributed by atoms with Crippen LogP contribution in [0.2, 0.25) is 0 Å². The summed E-state index contributed by atoms with van der Waals surface area (Å²) in [7, 11) is 0. The molecule has 0 saturated carbocycles. The largest absolute Gasteiger partial charge is 0.399 e. The van der Waals surface area contributed by atoms with Crippen LogP contribution in [0.5, 0.6) is 0 Å². The molecule has 1 atom stereocenters. The van der Waals surface area contributed by atoms with Gasteiger partial charge in [-0.15, -0.1) is 0 Å². The Kier molecular flexibility index (Phi) is 2.53. The van der Waals surface area contributed by atoms with Gasteiger partial charge in [-0.2, -0.15) is 5.10 Å². The fraction of sp³-hybridized carbons (Fsp3) is 0.231. The molecule has 3 rings (SSSR count). The van der Waals surface area contributed by atoms with E-state index in [1.807, 2.05) is 0 Å². The second-order valence-corrected chi connectivity index (χ2v) is 5.01. The van der Waals surface area contributed by atoms with Crippen LogP contribution < -0.4 is 11.5 Å². The summed E-state index contributed by atoms with van der Waals surface area (Å²) in [5.41, 5.74) is 11.4. The Morgan fingerprint density at radius 1 is 1.25 bits per heavy atom. The van der Waals surface area contributed by atoms with Crippen LogP contribution in [0, 0.1) is 11.6 Å². The van der Waals surface area contributed by atoms with Crippen molar-refractivity contribution in [3.8, 4) is 0 Å². The van der Waals surface area contributed by atoms with E-state index in [9.17, 15) is 8.78 Å². The fourth-order valence-corrected chi connectivity index (χ4v) is 2.48. The first-order valence-corrected chi connectivity index (χ1v) is 6.03. The van der Waals surface area contributed by atoms with E-state index in [0.29, 0.717) is 11.3 Å². The van der Waals surface area contributed by atoms with E-state index in [1.165, 1.54) is 22.9 Å². The van der Waals surface area contributed by atoms with Crippen molar-refractivity contribution in [2.75, 3.05) is 5.73 Å². The number of aliphatic imine (C=N–C) groups is 1. The topological polar surface area (TPSA) is 82.2 Å². The lowest BCUT2D eigenvalue weighted by Gasteiger charge is -2.31. The van der Waals surface area contributed by atoms with Crippen molar-refractivity contribution in [3.63, 3.8) is 0 Å². The van der Waals surface area contributed by atoms with Gasteiger partial charge in [0.2, 0.25) is 0 Å². The monoisotopic (exact) mass is 277 g/mol. The van der Waals surface area contributed by atoms with E-state index >= 15 is 0 Å². The molecule has 7 heteroatoms. The minimum Gasteiger partial charge on any atom is -0.399 e. The first-order chi connectivity index (χ1) is 9.40. The highest BCUT2D eigenvalue weighted by atomic mass is 19.1. The highest BCUT2D eigenvalue weighted by Crippen LogP contribution is 2.34. The molecule has 2 heterocycles. The first-order valence-electron chi connectivity index (χ1n) is 6.03. The van der Waals surface area contributed by atoms with Crippen LogP contribution in [0.15, 0.2) is 29.4 Å². The maximum Gasteiger partial charge on any atom is 0.172 e. The minimum atomic E-state index is -0.977. The van der Waals surface area contributed by atoms with Crippen molar-refractivity contribution in [1.29, 1.82) is 0 Å². The molecular weight excluding hydrogens is 264 g/mol. The van der Waals surface area contributed by atoms with Crippen LogP contribution in [-0.2, 0) is 12.1 Å². The third kappa shape index (κ3) is 1.74. The van der Waals surface area contributed by atoms with Crippen molar-refractivity contribution in [3.05, 3.63) is 47.3 Å². The normalized spacial score (nSPS) is 21.4. The molecule has 1 aromatic carbocycles. The number of nitrogens with two attached hydrogens (primary N) is 2. The summed E-state index contributed by atoms with van der Waals surface area (Å²) in [6.07, 6.45) is 1.07. The number of nitrogen functional groups attached to an aromatic ring is 1. The van der Waals surface area contributed by atoms with Crippen molar-refractivity contribution in [2.45, 2.75) is 19.0 Å². The Bertz CT molecular complexity index is 722. The average molecular weight is 277 g/mol. The summed E-state index contributed by atoms with van der Waals surface area (Å²) in [5.74, 6) is -0.980. The lowest BCUT2D eigenvalue weighted by molar-refractivity contribution is 0.362. The van der Waals surface area contributed by atoms with Crippen LogP contribution in [0.25, 0.3) is 0 Å². The van der Waals surface area contributed by atoms with Crippen molar-refractivity contribution < 1.29 is 8.78 Å². The van der Waals surface area contributed by atoms with Crippen LogP contribution in [0.3, 0.4) is 0 Å². The number of fused-ring (bicyclic) bond motifs is 1. The predicted molar refractivity (Wildman–Crippen MR) is 71.1 cm³/mol. The number of rotatable bonds is 1. The van der Waals surface area contributed by atoms with Gasteiger partial charge in [0.1, 0.15) is 22.9 Å². The summed E-state index contributed by atoms with van der Waals surface area (Å²) in [4.78, 5) is 4.26. The molecule has 0 aliphatic carbocycles. The highest BCUT2D eigenvalue weighted by molar-refractivity contribution is 5.97.